The van der Waals surface area contributed by atoms with Crippen LogP contribution in [0, 0.1) is 23.0 Å². The van der Waals surface area contributed by atoms with E-state index in [1.54, 1.807) is 6.07 Å². The van der Waals surface area contributed by atoms with Crippen molar-refractivity contribution in [2.45, 2.75) is 51.9 Å². The highest BCUT2D eigenvalue weighted by Crippen LogP contribution is 2.67. The summed E-state index contributed by atoms with van der Waals surface area (Å²) in [5, 5.41) is 11.6. The molecule has 0 saturated heterocycles. The number of benzene rings is 1. The van der Waals surface area contributed by atoms with E-state index < -0.39 is 17.0 Å². The molecule has 1 fully saturated rings. The number of fused-ring (bicyclic) bond motifs is 5. The lowest BCUT2D eigenvalue weighted by molar-refractivity contribution is -0.130. The molecule has 1 saturated carbocycles. The van der Waals surface area contributed by atoms with Crippen LogP contribution in [0.5, 0.6) is 0 Å². The number of carbonyl (C=O) groups excluding carboxylic acids is 1. The van der Waals surface area contributed by atoms with Gasteiger partial charge in [-0.15, -0.1) is 5.10 Å². The molecule has 2 bridgehead atoms. The van der Waals surface area contributed by atoms with Crippen molar-refractivity contribution in [3.8, 4) is 11.3 Å². The van der Waals surface area contributed by atoms with E-state index in [-0.39, 0.29) is 28.5 Å². The van der Waals surface area contributed by atoms with Gasteiger partial charge in [-0.1, -0.05) is 33.8 Å². The Morgan fingerprint density at radius 3 is 2.57 bits per heavy atom. The maximum atomic E-state index is 14.2. The Hall–Kier alpha value is -2.37. The average molecular weight is 385 g/mol. The van der Waals surface area contributed by atoms with Gasteiger partial charge < -0.3 is 5.32 Å². The number of halogens is 2. The van der Waals surface area contributed by atoms with Gasteiger partial charge in [-0.2, -0.15) is 5.10 Å². The molecule has 0 radical (unpaired) electrons. The smallest absolute Gasteiger partial charge is 0.232 e. The molecule has 28 heavy (non-hydrogen) atoms. The van der Waals surface area contributed by atoms with E-state index in [0.717, 1.165) is 12.0 Å². The second-order valence-electron chi connectivity index (χ2n) is 8.95. The molecule has 0 unspecified atom stereocenters. The van der Waals surface area contributed by atoms with Crippen LogP contribution in [0.1, 0.15) is 57.7 Å². The second kappa shape index (κ2) is 6.33. The van der Waals surface area contributed by atoms with Gasteiger partial charge in [0, 0.05) is 6.54 Å². The second-order valence-corrected chi connectivity index (χ2v) is 8.95. The molecule has 2 aliphatic carbocycles. The lowest BCUT2D eigenvalue weighted by Gasteiger charge is -2.36. The molecular formula is C22H25F2N3O. The largest absolute Gasteiger partial charge is 0.355 e. The molecule has 2 atom stereocenters. The van der Waals surface area contributed by atoms with Crippen LogP contribution in [-0.2, 0) is 10.2 Å². The van der Waals surface area contributed by atoms with Gasteiger partial charge in [0.1, 0.15) is 11.6 Å². The fraction of sp³-hybridized carbons (Fsp3) is 0.500. The molecule has 4 nitrogen and oxygen atoms in total. The van der Waals surface area contributed by atoms with Crippen molar-refractivity contribution in [3.63, 3.8) is 0 Å². The van der Waals surface area contributed by atoms with Crippen molar-refractivity contribution in [1.29, 1.82) is 0 Å². The van der Waals surface area contributed by atoms with E-state index in [2.05, 4.69) is 43.2 Å². The van der Waals surface area contributed by atoms with Crippen molar-refractivity contribution in [1.82, 2.24) is 15.5 Å². The lowest BCUT2D eigenvalue weighted by atomic mass is 9.67. The minimum atomic E-state index is -0.749. The summed E-state index contributed by atoms with van der Waals surface area (Å²) >= 11 is 0. The molecule has 1 heterocycles. The number of rotatable bonds is 4. The summed E-state index contributed by atoms with van der Waals surface area (Å²) in [6.07, 6.45) is 1.56. The van der Waals surface area contributed by atoms with Crippen LogP contribution in [0.25, 0.3) is 11.3 Å². The molecule has 6 heteroatoms. The van der Waals surface area contributed by atoms with Crippen LogP contribution in [0.15, 0.2) is 24.3 Å². The molecule has 148 valence electrons. The number of hydrogen-bond donors (Lipinski definition) is 1. The molecule has 0 spiro atoms. The van der Waals surface area contributed by atoms with E-state index in [9.17, 15) is 13.6 Å². The third kappa shape index (κ3) is 2.43. The summed E-state index contributed by atoms with van der Waals surface area (Å²) in [6, 6.07) is 5.48. The van der Waals surface area contributed by atoms with E-state index in [4.69, 9.17) is 0 Å². The van der Waals surface area contributed by atoms with Crippen LogP contribution in [0.2, 0.25) is 0 Å². The zero-order valence-corrected chi connectivity index (χ0v) is 16.6. The molecular weight excluding hydrogens is 360 g/mol. The molecule has 4 rings (SSSR count). The maximum absolute atomic E-state index is 14.2. The number of nitrogens with zero attached hydrogens (tertiary/aromatic N) is 2. The normalized spacial score (nSPS) is 24.5. The highest BCUT2D eigenvalue weighted by Gasteiger charge is 2.67. The van der Waals surface area contributed by atoms with E-state index in [0.29, 0.717) is 24.6 Å². The Morgan fingerprint density at radius 2 is 1.93 bits per heavy atom. The third-order valence-electron chi connectivity index (χ3n) is 6.66. The first kappa shape index (κ1) is 19.0. The van der Waals surface area contributed by atoms with Crippen LogP contribution in [0.3, 0.4) is 0 Å². The number of nitrogens with one attached hydrogen (secondary N) is 1. The highest BCUT2D eigenvalue weighted by atomic mass is 19.1. The topological polar surface area (TPSA) is 54.9 Å². The van der Waals surface area contributed by atoms with Gasteiger partial charge >= 0.3 is 0 Å². The van der Waals surface area contributed by atoms with E-state index in [1.165, 1.54) is 18.2 Å². The van der Waals surface area contributed by atoms with Gasteiger partial charge in [-0.25, -0.2) is 8.78 Å². The molecule has 1 aromatic heterocycles. The molecule has 2 aromatic rings. The van der Waals surface area contributed by atoms with Crippen LogP contribution >= 0.6 is 0 Å². The van der Waals surface area contributed by atoms with E-state index >= 15 is 0 Å². The van der Waals surface area contributed by atoms with Crippen LogP contribution in [0.4, 0.5) is 8.78 Å². The first-order valence-corrected chi connectivity index (χ1v) is 9.81. The summed E-state index contributed by atoms with van der Waals surface area (Å²) in [4.78, 5) is 13.3. The summed E-state index contributed by atoms with van der Waals surface area (Å²) < 4.78 is 28.5. The van der Waals surface area contributed by atoms with Crippen molar-refractivity contribution >= 4 is 5.91 Å². The molecule has 2 aliphatic rings. The van der Waals surface area contributed by atoms with Gasteiger partial charge in [-0.05, 0) is 53.9 Å². The van der Waals surface area contributed by atoms with Crippen LogP contribution in [-0.4, -0.2) is 22.6 Å². The molecule has 1 N–H and O–H groups in total. The number of aromatic nitrogens is 2. The summed E-state index contributed by atoms with van der Waals surface area (Å²) in [5.41, 5.74) is 0.477. The summed E-state index contributed by atoms with van der Waals surface area (Å²) in [6.45, 7) is 8.88. The fourth-order valence-corrected chi connectivity index (χ4v) is 5.14. The van der Waals surface area contributed by atoms with Crippen molar-refractivity contribution < 1.29 is 13.6 Å². The SMILES string of the molecule is CC(C)CNC(=O)[C@]12CC[C@H](c3cc(-c4c(F)cccc4F)nnc31)C2(C)C. The minimum absolute atomic E-state index is 0.0217. The number of hydrogen-bond acceptors (Lipinski definition) is 3. The summed E-state index contributed by atoms with van der Waals surface area (Å²) in [7, 11) is 0. The van der Waals surface area contributed by atoms with Crippen molar-refractivity contribution in [2.75, 3.05) is 6.54 Å². The highest BCUT2D eigenvalue weighted by molar-refractivity contribution is 5.91. The zero-order chi connectivity index (χ0) is 20.3. The van der Waals surface area contributed by atoms with Gasteiger partial charge in [0.15, 0.2) is 0 Å². The van der Waals surface area contributed by atoms with Crippen molar-refractivity contribution in [2.24, 2.45) is 11.3 Å². The summed E-state index contributed by atoms with van der Waals surface area (Å²) in [5.74, 6) is -0.899. The van der Waals surface area contributed by atoms with Gasteiger partial charge in [0.25, 0.3) is 0 Å². The van der Waals surface area contributed by atoms with Gasteiger partial charge in [-0.3, -0.25) is 4.79 Å². The Kier molecular flexibility index (Phi) is 4.28. The first-order valence-electron chi connectivity index (χ1n) is 9.81. The van der Waals surface area contributed by atoms with Crippen molar-refractivity contribution in [3.05, 3.63) is 47.2 Å². The van der Waals surface area contributed by atoms with Gasteiger partial charge in [0.05, 0.1) is 22.4 Å². The fourth-order valence-electron chi connectivity index (χ4n) is 5.14. The minimum Gasteiger partial charge on any atom is -0.355 e. The quantitative estimate of drug-likeness (QED) is 0.851. The number of carbonyl (C=O) groups is 1. The standard InChI is InChI=1S/C22H25F2N3O/c1-12(2)11-25-20(28)22-9-8-14(21(22,3)4)13-10-17(26-27-19(13)22)18-15(23)6-5-7-16(18)24/h5-7,10,12,14H,8-9,11H2,1-4H3,(H,25,28)/t14-,22+/m1/s1. The predicted octanol–water partition coefficient (Wildman–Crippen LogP) is 4.35. The first-order chi connectivity index (χ1) is 13.2. The maximum Gasteiger partial charge on any atom is 0.232 e. The molecule has 1 aromatic carbocycles. The Labute approximate surface area is 163 Å². The monoisotopic (exact) mass is 385 g/mol. The molecule has 1 amide bonds. The van der Waals surface area contributed by atoms with Crippen LogP contribution < -0.4 is 5.32 Å². The predicted molar refractivity (Wildman–Crippen MR) is 103 cm³/mol. The Morgan fingerprint density at radius 1 is 1.25 bits per heavy atom. The zero-order valence-electron chi connectivity index (χ0n) is 16.6. The van der Waals surface area contributed by atoms with Gasteiger partial charge in [0.2, 0.25) is 5.91 Å². The number of amides is 1. The Balaban J connectivity index is 1.82. The average Bonchev–Trinajstić information content (AvgIpc) is 3.01. The van der Waals surface area contributed by atoms with E-state index in [1.807, 2.05) is 0 Å². The third-order valence-corrected chi connectivity index (χ3v) is 6.66. The molecule has 0 aliphatic heterocycles. The Bertz CT molecular complexity index is 937. The lowest BCUT2D eigenvalue weighted by Crippen LogP contribution is -2.50.